The van der Waals surface area contributed by atoms with Gasteiger partial charge < -0.3 is 24.8 Å². The van der Waals surface area contributed by atoms with Crippen LogP contribution in [0.1, 0.15) is 79.6 Å². The zero-order valence-corrected chi connectivity index (χ0v) is 20.2. The average Bonchev–Trinajstić information content (AvgIpc) is 3.30. The molecule has 3 heterocycles. The largest absolute Gasteiger partial charge is 0.466 e. The highest BCUT2D eigenvalue weighted by atomic mass is 16.6. The molecule has 2 unspecified atom stereocenters. The molecule has 2 N–H and O–H groups in total. The fraction of sp³-hybridized carbons (Fsp3) is 0.875. The molecule has 3 aliphatic heterocycles. The van der Waals surface area contributed by atoms with Gasteiger partial charge >= 0.3 is 5.97 Å². The number of ether oxygens (including phenoxy) is 2. The van der Waals surface area contributed by atoms with Gasteiger partial charge in [-0.2, -0.15) is 0 Å². The van der Waals surface area contributed by atoms with Crippen LogP contribution >= 0.6 is 0 Å². The summed E-state index contributed by atoms with van der Waals surface area (Å²) in [6, 6.07) is -0.759. The SMILES string of the molecule is CCOC(=O)[C@H]1[C@H]2C(=O)N(CCCCCCO)C(C(=O)NC(C)(C)C)C23CC[C@]1(CC)O3. The quantitative estimate of drug-likeness (QED) is 0.389. The van der Waals surface area contributed by atoms with E-state index in [0.29, 0.717) is 25.8 Å². The van der Waals surface area contributed by atoms with E-state index in [9.17, 15) is 14.4 Å². The first-order valence-electron chi connectivity index (χ1n) is 12.2. The molecule has 2 amide bonds. The Bertz CT molecular complexity index is 734. The number of carbonyl (C=O) groups is 3. The summed E-state index contributed by atoms with van der Waals surface area (Å²) in [7, 11) is 0. The fourth-order valence-corrected chi connectivity index (χ4v) is 6.04. The van der Waals surface area contributed by atoms with Crippen LogP contribution in [0.2, 0.25) is 0 Å². The number of esters is 1. The number of hydrogen-bond acceptors (Lipinski definition) is 6. The first-order chi connectivity index (χ1) is 15.1. The van der Waals surface area contributed by atoms with Gasteiger partial charge in [0.25, 0.3) is 0 Å². The van der Waals surface area contributed by atoms with Crippen molar-refractivity contribution in [3.05, 3.63) is 0 Å². The molecule has 32 heavy (non-hydrogen) atoms. The topological polar surface area (TPSA) is 105 Å². The summed E-state index contributed by atoms with van der Waals surface area (Å²) in [6.07, 6.45) is 5.00. The number of unbranched alkanes of at least 4 members (excludes halogenated alkanes) is 3. The highest BCUT2D eigenvalue weighted by Gasteiger charge is 2.79. The second-order valence-corrected chi connectivity index (χ2v) is 10.5. The Morgan fingerprint density at radius 2 is 1.88 bits per heavy atom. The molecule has 3 aliphatic rings. The molecule has 0 saturated carbocycles. The highest BCUT2D eigenvalue weighted by Crippen LogP contribution is 2.64. The second-order valence-electron chi connectivity index (χ2n) is 10.5. The van der Waals surface area contributed by atoms with Crippen molar-refractivity contribution in [1.82, 2.24) is 10.2 Å². The van der Waals surface area contributed by atoms with Gasteiger partial charge in [-0.25, -0.2) is 0 Å². The van der Waals surface area contributed by atoms with Crippen molar-refractivity contribution in [2.24, 2.45) is 11.8 Å². The van der Waals surface area contributed by atoms with E-state index in [1.807, 2.05) is 27.7 Å². The zero-order chi connectivity index (χ0) is 23.7. The van der Waals surface area contributed by atoms with Crippen LogP contribution < -0.4 is 5.32 Å². The number of aliphatic hydroxyl groups excluding tert-OH is 1. The molecular weight excluding hydrogens is 412 g/mol. The minimum Gasteiger partial charge on any atom is -0.466 e. The van der Waals surface area contributed by atoms with Crippen LogP contribution in [0.15, 0.2) is 0 Å². The van der Waals surface area contributed by atoms with Gasteiger partial charge in [-0.15, -0.1) is 0 Å². The van der Waals surface area contributed by atoms with Crippen molar-refractivity contribution in [2.45, 2.75) is 102 Å². The maximum Gasteiger partial charge on any atom is 0.312 e. The Balaban J connectivity index is 1.95. The maximum absolute atomic E-state index is 13.8. The highest BCUT2D eigenvalue weighted by molar-refractivity contribution is 5.98. The van der Waals surface area contributed by atoms with Gasteiger partial charge in [-0.05, 0) is 59.8 Å². The summed E-state index contributed by atoms with van der Waals surface area (Å²) >= 11 is 0. The number of fused-ring (bicyclic) bond motifs is 1. The van der Waals surface area contributed by atoms with Crippen LogP contribution in [-0.2, 0) is 23.9 Å². The van der Waals surface area contributed by atoms with Crippen molar-refractivity contribution < 1.29 is 29.0 Å². The monoisotopic (exact) mass is 452 g/mol. The number of nitrogens with zero attached hydrogens (tertiary/aromatic N) is 1. The molecule has 2 bridgehead atoms. The van der Waals surface area contributed by atoms with Crippen LogP contribution in [0.4, 0.5) is 0 Å². The molecule has 3 rings (SSSR count). The summed E-state index contributed by atoms with van der Waals surface area (Å²) in [5.74, 6) is -2.16. The minimum atomic E-state index is -0.995. The molecule has 0 radical (unpaired) electrons. The molecule has 182 valence electrons. The van der Waals surface area contributed by atoms with E-state index < -0.39 is 40.6 Å². The summed E-state index contributed by atoms with van der Waals surface area (Å²) in [5.41, 5.74) is -2.20. The lowest BCUT2D eigenvalue weighted by Crippen LogP contribution is -2.58. The molecule has 1 spiro atoms. The Labute approximate surface area is 191 Å². The maximum atomic E-state index is 13.8. The normalized spacial score (nSPS) is 33.5. The lowest BCUT2D eigenvalue weighted by Gasteiger charge is -2.35. The first kappa shape index (κ1) is 25.0. The smallest absolute Gasteiger partial charge is 0.312 e. The Morgan fingerprint density at radius 3 is 2.47 bits per heavy atom. The predicted molar refractivity (Wildman–Crippen MR) is 119 cm³/mol. The second kappa shape index (κ2) is 9.29. The van der Waals surface area contributed by atoms with Gasteiger partial charge in [0.2, 0.25) is 11.8 Å². The van der Waals surface area contributed by atoms with E-state index >= 15 is 0 Å². The third-order valence-corrected chi connectivity index (χ3v) is 7.28. The number of hydrogen-bond donors (Lipinski definition) is 2. The summed E-state index contributed by atoms with van der Waals surface area (Å²) < 4.78 is 12.0. The summed E-state index contributed by atoms with van der Waals surface area (Å²) in [5, 5.41) is 12.1. The molecule has 3 fully saturated rings. The van der Waals surface area contributed by atoms with Crippen LogP contribution in [0.5, 0.6) is 0 Å². The van der Waals surface area contributed by atoms with E-state index in [0.717, 1.165) is 25.7 Å². The third kappa shape index (κ3) is 4.16. The third-order valence-electron chi connectivity index (χ3n) is 7.28. The molecule has 0 aromatic rings. The van der Waals surface area contributed by atoms with Crippen molar-refractivity contribution in [1.29, 1.82) is 0 Å². The van der Waals surface area contributed by atoms with Gasteiger partial charge in [-0.3, -0.25) is 14.4 Å². The number of aliphatic hydroxyl groups is 1. The zero-order valence-electron chi connectivity index (χ0n) is 20.2. The molecule has 8 nitrogen and oxygen atoms in total. The Morgan fingerprint density at radius 1 is 1.19 bits per heavy atom. The number of nitrogens with one attached hydrogen (secondary N) is 1. The van der Waals surface area contributed by atoms with Crippen molar-refractivity contribution >= 4 is 17.8 Å². The van der Waals surface area contributed by atoms with Crippen molar-refractivity contribution in [3.8, 4) is 0 Å². The number of carbonyl (C=O) groups excluding carboxylic acids is 3. The molecule has 0 aliphatic carbocycles. The standard InChI is InChI=1S/C24H40N2O6/c1-6-23-12-13-24(32-23)16(17(23)21(30)31-7-2)20(29)26(14-10-8-9-11-15-27)18(24)19(28)25-22(3,4)5/h16-18,27H,6-15H2,1-5H3,(H,25,28)/t16-,17+,18?,23-,24?/m0/s1. The number of rotatable bonds is 10. The van der Waals surface area contributed by atoms with Gasteiger partial charge in [0.05, 0.1) is 18.1 Å². The van der Waals surface area contributed by atoms with Crippen molar-refractivity contribution in [3.63, 3.8) is 0 Å². The number of amides is 2. The van der Waals surface area contributed by atoms with E-state index in [1.165, 1.54) is 0 Å². The Kier molecular flexibility index (Phi) is 7.25. The fourth-order valence-electron chi connectivity index (χ4n) is 6.04. The first-order valence-corrected chi connectivity index (χ1v) is 12.2. The van der Waals surface area contributed by atoms with Gasteiger partial charge in [-0.1, -0.05) is 19.8 Å². The molecule has 0 aromatic heterocycles. The van der Waals surface area contributed by atoms with E-state index in [-0.39, 0.29) is 25.0 Å². The Hall–Kier alpha value is -1.67. The summed E-state index contributed by atoms with van der Waals surface area (Å²) in [4.78, 5) is 42.0. The predicted octanol–water partition coefficient (Wildman–Crippen LogP) is 2.17. The molecule has 5 atom stereocenters. The lowest BCUT2D eigenvalue weighted by molar-refractivity contribution is -0.160. The van der Waals surface area contributed by atoms with Crippen molar-refractivity contribution in [2.75, 3.05) is 19.8 Å². The van der Waals surface area contributed by atoms with E-state index in [4.69, 9.17) is 14.6 Å². The molecule has 3 saturated heterocycles. The van der Waals surface area contributed by atoms with E-state index in [2.05, 4.69) is 5.32 Å². The van der Waals surface area contributed by atoms with Crippen LogP contribution in [0.3, 0.4) is 0 Å². The van der Waals surface area contributed by atoms with Gasteiger partial charge in [0.1, 0.15) is 17.6 Å². The van der Waals surface area contributed by atoms with Crippen LogP contribution in [-0.4, -0.2) is 70.3 Å². The van der Waals surface area contributed by atoms with Crippen LogP contribution in [0, 0.1) is 11.8 Å². The van der Waals surface area contributed by atoms with Gasteiger partial charge in [0, 0.05) is 18.7 Å². The summed E-state index contributed by atoms with van der Waals surface area (Å²) in [6.45, 7) is 10.3. The average molecular weight is 453 g/mol. The van der Waals surface area contributed by atoms with Gasteiger partial charge in [0.15, 0.2) is 0 Å². The number of likely N-dealkylation sites (tertiary alicyclic amines) is 1. The van der Waals surface area contributed by atoms with Crippen LogP contribution in [0.25, 0.3) is 0 Å². The van der Waals surface area contributed by atoms with E-state index in [1.54, 1.807) is 11.8 Å². The molecule has 8 heteroatoms. The molecule has 0 aromatic carbocycles. The molecular formula is C24H40N2O6. The lowest BCUT2D eigenvalue weighted by atomic mass is 9.65. The minimum absolute atomic E-state index is 0.151.